The SMILES string of the molecule is CC1CCC(CC2CCCNC2)CC1.Cl. The number of nitrogens with one attached hydrogen (secondary N) is 1. The normalized spacial score (nSPS) is 37.0. The van der Waals surface area contributed by atoms with Crippen LogP contribution in [0, 0.1) is 17.8 Å². The number of halogens is 1. The van der Waals surface area contributed by atoms with Gasteiger partial charge < -0.3 is 5.32 Å². The van der Waals surface area contributed by atoms with Gasteiger partial charge in [0.25, 0.3) is 0 Å². The molecule has 90 valence electrons. The minimum Gasteiger partial charge on any atom is -0.316 e. The van der Waals surface area contributed by atoms with E-state index in [0.717, 1.165) is 17.8 Å². The van der Waals surface area contributed by atoms with E-state index in [2.05, 4.69) is 12.2 Å². The second-order valence-electron chi connectivity index (χ2n) is 5.57. The van der Waals surface area contributed by atoms with Gasteiger partial charge in [-0.05, 0) is 50.1 Å². The molecule has 1 atom stereocenters. The molecule has 1 aliphatic carbocycles. The molecule has 1 N–H and O–H groups in total. The van der Waals surface area contributed by atoms with E-state index in [1.54, 1.807) is 0 Å². The van der Waals surface area contributed by atoms with Gasteiger partial charge in [-0.15, -0.1) is 12.4 Å². The highest BCUT2D eigenvalue weighted by molar-refractivity contribution is 5.85. The van der Waals surface area contributed by atoms with E-state index in [1.165, 1.54) is 58.0 Å². The summed E-state index contributed by atoms with van der Waals surface area (Å²) in [5.41, 5.74) is 0. The van der Waals surface area contributed by atoms with Gasteiger partial charge in [-0.2, -0.15) is 0 Å². The van der Waals surface area contributed by atoms with Crippen molar-refractivity contribution >= 4 is 12.4 Å². The molecule has 1 nitrogen and oxygen atoms in total. The van der Waals surface area contributed by atoms with Gasteiger partial charge in [0.1, 0.15) is 0 Å². The maximum atomic E-state index is 3.53. The molecule has 0 spiro atoms. The molecule has 1 unspecified atom stereocenters. The molecule has 0 radical (unpaired) electrons. The van der Waals surface area contributed by atoms with Crippen molar-refractivity contribution in [3.8, 4) is 0 Å². The van der Waals surface area contributed by atoms with E-state index in [1.807, 2.05) is 0 Å². The van der Waals surface area contributed by atoms with E-state index in [4.69, 9.17) is 0 Å². The monoisotopic (exact) mass is 231 g/mol. The third kappa shape index (κ3) is 4.32. The van der Waals surface area contributed by atoms with Gasteiger partial charge in [0, 0.05) is 0 Å². The fourth-order valence-corrected chi connectivity index (χ4v) is 3.16. The van der Waals surface area contributed by atoms with Gasteiger partial charge in [0.05, 0.1) is 0 Å². The molecule has 2 fully saturated rings. The molecule has 1 saturated heterocycles. The van der Waals surface area contributed by atoms with Crippen LogP contribution in [0.15, 0.2) is 0 Å². The van der Waals surface area contributed by atoms with Crippen LogP contribution in [0.2, 0.25) is 0 Å². The molecule has 1 heterocycles. The van der Waals surface area contributed by atoms with Crippen LogP contribution in [0.1, 0.15) is 51.9 Å². The lowest BCUT2D eigenvalue weighted by Gasteiger charge is -2.31. The zero-order valence-electron chi connectivity index (χ0n) is 10.0. The van der Waals surface area contributed by atoms with Crippen molar-refractivity contribution in [1.82, 2.24) is 5.32 Å². The quantitative estimate of drug-likeness (QED) is 0.766. The summed E-state index contributed by atoms with van der Waals surface area (Å²) in [6.07, 6.45) is 10.4. The number of hydrogen-bond acceptors (Lipinski definition) is 1. The van der Waals surface area contributed by atoms with Crippen LogP contribution in [-0.2, 0) is 0 Å². The fourth-order valence-electron chi connectivity index (χ4n) is 3.16. The number of piperidine rings is 1. The molecule has 0 amide bonds. The summed E-state index contributed by atoms with van der Waals surface area (Å²) in [5.74, 6) is 3.08. The van der Waals surface area contributed by atoms with E-state index in [-0.39, 0.29) is 12.4 Å². The highest BCUT2D eigenvalue weighted by atomic mass is 35.5. The van der Waals surface area contributed by atoms with Crippen molar-refractivity contribution in [1.29, 1.82) is 0 Å². The third-order valence-electron chi connectivity index (χ3n) is 4.20. The lowest BCUT2D eigenvalue weighted by Crippen LogP contribution is -2.31. The molecule has 15 heavy (non-hydrogen) atoms. The second kappa shape index (κ2) is 6.75. The largest absolute Gasteiger partial charge is 0.316 e. The Labute approximate surface area is 101 Å². The van der Waals surface area contributed by atoms with Crippen molar-refractivity contribution in [2.75, 3.05) is 13.1 Å². The average Bonchev–Trinajstić information content (AvgIpc) is 2.23. The van der Waals surface area contributed by atoms with Crippen LogP contribution >= 0.6 is 12.4 Å². The van der Waals surface area contributed by atoms with Gasteiger partial charge in [-0.25, -0.2) is 0 Å². The predicted molar refractivity (Wildman–Crippen MR) is 68.6 cm³/mol. The summed E-state index contributed by atoms with van der Waals surface area (Å²) in [7, 11) is 0. The Bertz CT molecular complexity index is 158. The summed E-state index contributed by atoms with van der Waals surface area (Å²) in [6, 6.07) is 0. The Hall–Kier alpha value is 0.250. The smallest absolute Gasteiger partial charge is 0.00204 e. The second-order valence-corrected chi connectivity index (χ2v) is 5.57. The van der Waals surface area contributed by atoms with E-state index in [9.17, 15) is 0 Å². The number of hydrogen-bond donors (Lipinski definition) is 1. The van der Waals surface area contributed by atoms with E-state index in [0.29, 0.717) is 0 Å². The van der Waals surface area contributed by atoms with Gasteiger partial charge in [0.15, 0.2) is 0 Å². The van der Waals surface area contributed by atoms with Crippen LogP contribution < -0.4 is 5.32 Å². The van der Waals surface area contributed by atoms with E-state index < -0.39 is 0 Å². The third-order valence-corrected chi connectivity index (χ3v) is 4.20. The summed E-state index contributed by atoms with van der Waals surface area (Å²) in [4.78, 5) is 0. The van der Waals surface area contributed by atoms with Crippen LogP contribution in [0.25, 0.3) is 0 Å². The highest BCUT2D eigenvalue weighted by Gasteiger charge is 2.22. The molecule has 1 aliphatic heterocycles. The van der Waals surface area contributed by atoms with Crippen LogP contribution in [0.5, 0.6) is 0 Å². The maximum absolute atomic E-state index is 3.53. The standard InChI is InChI=1S/C13H25N.ClH/c1-11-4-6-12(7-5-11)9-13-3-2-8-14-10-13;/h11-14H,2-10H2,1H3;1H. The maximum Gasteiger partial charge on any atom is -0.00204 e. The van der Waals surface area contributed by atoms with Crippen LogP contribution in [0.4, 0.5) is 0 Å². The fraction of sp³-hybridized carbons (Fsp3) is 1.00. The molecule has 0 aromatic rings. The van der Waals surface area contributed by atoms with Crippen molar-refractivity contribution < 1.29 is 0 Å². The van der Waals surface area contributed by atoms with Crippen LogP contribution in [-0.4, -0.2) is 13.1 Å². The molecule has 0 bridgehead atoms. The zero-order chi connectivity index (χ0) is 9.80. The Morgan fingerprint density at radius 2 is 1.73 bits per heavy atom. The molecule has 2 aliphatic rings. The lowest BCUT2D eigenvalue weighted by atomic mass is 9.77. The van der Waals surface area contributed by atoms with Crippen LogP contribution in [0.3, 0.4) is 0 Å². The molecule has 0 aromatic carbocycles. The molecule has 2 heteroatoms. The minimum atomic E-state index is 0. The topological polar surface area (TPSA) is 12.0 Å². The molecule has 0 aromatic heterocycles. The Balaban J connectivity index is 0.00000112. The van der Waals surface area contributed by atoms with Gasteiger partial charge in [-0.1, -0.05) is 32.6 Å². The highest BCUT2D eigenvalue weighted by Crippen LogP contribution is 2.33. The predicted octanol–water partition coefficient (Wildman–Crippen LogP) is 3.62. The molecular weight excluding hydrogens is 206 g/mol. The summed E-state index contributed by atoms with van der Waals surface area (Å²) in [6.45, 7) is 4.97. The average molecular weight is 232 g/mol. The molecule has 2 rings (SSSR count). The first kappa shape index (κ1) is 13.3. The summed E-state index contributed by atoms with van der Waals surface area (Å²) >= 11 is 0. The number of rotatable bonds is 2. The lowest BCUT2D eigenvalue weighted by molar-refractivity contribution is 0.225. The van der Waals surface area contributed by atoms with E-state index >= 15 is 0 Å². The summed E-state index contributed by atoms with van der Waals surface area (Å²) in [5, 5.41) is 3.53. The Morgan fingerprint density at radius 3 is 2.33 bits per heavy atom. The van der Waals surface area contributed by atoms with Crippen molar-refractivity contribution in [2.45, 2.75) is 51.9 Å². The van der Waals surface area contributed by atoms with Crippen molar-refractivity contribution in [3.05, 3.63) is 0 Å². The van der Waals surface area contributed by atoms with Gasteiger partial charge in [0.2, 0.25) is 0 Å². The minimum absolute atomic E-state index is 0. The van der Waals surface area contributed by atoms with Crippen molar-refractivity contribution in [2.24, 2.45) is 17.8 Å². The van der Waals surface area contributed by atoms with Crippen molar-refractivity contribution in [3.63, 3.8) is 0 Å². The Morgan fingerprint density at radius 1 is 1.00 bits per heavy atom. The first-order valence-corrected chi connectivity index (χ1v) is 6.55. The first-order valence-electron chi connectivity index (χ1n) is 6.55. The first-order chi connectivity index (χ1) is 6.84. The van der Waals surface area contributed by atoms with Gasteiger partial charge in [-0.3, -0.25) is 0 Å². The zero-order valence-corrected chi connectivity index (χ0v) is 10.8. The van der Waals surface area contributed by atoms with Gasteiger partial charge >= 0.3 is 0 Å². The Kier molecular flexibility index (Phi) is 5.99. The summed E-state index contributed by atoms with van der Waals surface area (Å²) < 4.78 is 0. The molecule has 1 saturated carbocycles. The molecular formula is C13H26ClN.